The van der Waals surface area contributed by atoms with Gasteiger partial charge in [-0.1, -0.05) is 12.1 Å². The van der Waals surface area contributed by atoms with Gasteiger partial charge in [0.05, 0.1) is 23.9 Å². The van der Waals surface area contributed by atoms with Crippen LogP contribution in [0, 0.1) is 19.7 Å². The summed E-state index contributed by atoms with van der Waals surface area (Å²) in [4.78, 5) is 35.1. The molecule has 0 aliphatic heterocycles. The molecule has 1 amide bonds. The van der Waals surface area contributed by atoms with Crippen molar-refractivity contribution in [1.29, 1.82) is 0 Å². The summed E-state index contributed by atoms with van der Waals surface area (Å²) in [6.45, 7) is 5.36. The van der Waals surface area contributed by atoms with Crippen LogP contribution in [-0.2, 0) is 16.1 Å². The van der Waals surface area contributed by atoms with E-state index < -0.39 is 5.97 Å². The minimum atomic E-state index is -0.593. The minimum absolute atomic E-state index is 0.0670. The van der Waals surface area contributed by atoms with E-state index in [0.29, 0.717) is 16.5 Å². The predicted molar refractivity (Wildman–Crippen MR) is 123 cm³/mol. The van der Waals surface area contributed by atoms with Gasteiger partial charge < -0.3 is 4.74 Å². The van der Waals surface area contributed by atoms with E-state index in [1.165, 1.54) is 47.5 Å². The number of halogens is 1. The maximum absolute atomic E-state index is 13.2. The Kier molecular flexibility index (Phi) is 6.32. The molecule has 0 radical (unpaired) electrons. The molecule has 2 aromatic carbocycles. The summed E-state index contributed by atoms with van der Waals surface area (Å²) in [5, 5.41) is 2.25. The molecule has 4 aromatic rings. The lowest BCUT2D eigenvalue weighted by Crippen LogP contribution is -2.23. The molecule has 0 aliphatic carbocycles. The number of hydrogen-bond acceptors (Lipinski definition) is 6. The number of esters is 1. The van der Waals surface area contributed by atoms with Crippen molar-refractivity contribution in [3.05, 3.63) is 88.7 Å². The van der Waals surface area contributed by atoms with Gasteiger partial charge in [0.2, 0.25) is 5.91 Å². The quantitative estimate of drug-likeness (QED) is 0.370. The van der Waals surface area contributed by atoms with E-state index in [2.05, 4.69) is 9.97 Å². The van der Waals surface area contributed by atoms with Crippen molar-refractivity contribution < 1.29 is 18.7 Å². The Labute approximate surface area is 194 Å². The molecule has 33 heavy (non-hydrogen) atoms. The van der Waals surface area contributed by atoms with E-state index in [0.717, 1.165) is 16.8 Å². The molecule has 2 aromatic heterocycles. The van der Waals surface area contributed by atoms with Gasteiger partial charge in [-0.25, -0.2) is 19.2 Å². The summed E-state index contributed by atoms with van der Waals surface area (Å²) < 4.78 is 20.2. The van der Waals surface area contributed by atoms with Crippen molar-refractivity contribution in [2.24, 2.45) is 0 Å². The van der Waals surface area contributed by atoms with Crippen LogP contribution < -0.4 is 4.90 Å². The zero-order valence-corrected chi connectivity index (χ0v) is 19.1. The maximum atomic E-state index is 13.2. The van der Waals surface area contributed by atoms with Gasteiger partial charge in [0, 0.05) is 18.0 Å². The van der Waals surface area contributed by atoms with Gasteiger partial charge in [0.25, 0.3) is 0 Å². The van der Waals surface area contributed by atoms with E-state index in [1.807, 2.05) is 32.0 Å². The molecule has 0 fully saturated rings. The van der Waals surface area contributed by atoms with Crippen LogP contribution in [0.5, 0.6) is 0 Å². The van der Waals surface area contributed by atoms with Gasteiger partial charge in [0.15, 0.2) is 10.8 Å². The third-order valence-electron chi connectivity index (χ3n) is 5.17. The highest BCUT2D eigenvalue weighted by Gasteiger charge is 2.21. The average Bonchev–Trinajstić information content (AvgIpc) is 3.46. The molecule has 0 bridgehead atoms. The number of rotatable bonds is 6. The minimum Gasteiger partial charge on any atom is -0.454 e. The molecule has 0 saturated carbocycles. The molecule has 0 atom stereocenters. The predicted octanol–water partition coefficient (Wildman–Crippen LogP) is 5.13. The number of hydrogen-bond donors (Lipinski definition) is 0. The second kappa shape index (κ2) is 9.33. The Morgan fingerprint density at radius 1 is 1.15 bits per heavy atom. The molecule has 4 rings (SSSR count). The number of imidazole rings is 1. The molecule has 0 spiro atoms. The Hall–Kier alpha value is -3.85. The van der Waals surface area contributed by atoms with Gasteiger partial charge in [0.1, 0.15) is 12.4 Å². The van der Waals surface area contributed by atoms with Crippen LogP contribution in [0.25, 0.3) is 5.69 Å². The SMILES string of the molecule is CC(=O)N(c1nc(COC(=O)c2cncn2-c2ccc(F)cc2)cs1)c1cccc(C)c1C. The summed E-state index contributed by atoms with van der Waals surface area (Å²) in [5.41, 5.74) is 4.14. The third kappa shape index (κ3) is 4.68. The fraction of sp³-hybridized carbons (Fsp3) is 0.167. The van der Waals surface area contributed by atoms with Crippen LogP contribution in [0.4, 0.5) is 15.2 Å². The van der Waals surface area contributed by atoms with Crippen LogP contribution in [0.3, 0.4) is 0 Å². The van der Waals surface area contributed by atoms with Gasteiger partial charge in [-0.05, 0) is 55.3 Å². The first-order valence-corrected chi connectivity index (χ1v) is 11.0. The number of benzene rings is 2. The van der Waals surface area contributed by atoms with Crippen LogP contribution in [0.15, 0.2) is 60.4 Å². The average molecular weight is 465 g/mol. The van der Waals surface area contributed by atoms with E-state index in [4.69, 9.17) is 4.74 Å². The van der Waals surface area contributed by atoms with Crippen LogP contribution in [0.2, 0.25) is 0 Å². The first-order valence-electron chi connectivity index (χ1n) is 10.1. The van der Waals surface area contributed by atoms with Crippen molar-refractivity contribution >= 4 is 34.0 Å². The van der Waals surface area contributed by atoms with Crippen molar-refractivity contribution in [2.45, 2.75) is 27.4 Å². The maximum Gasteiger partial charge on any atom is 0.357 e. The number of anilines is 2. The van der Waals surface area contributed by atoms with E-state index in [1.54, 1.807) is 22.4 Å². The molecule has 168 valence electrons. The molecule has 0 aliphatic rings. The number of aryl methyl sites for hydroxylation is 1. The second-order valence-corrected chi connectivity index (χ2v) is 8.23. The molecular formula is C24H21FN4O3S. The second-order valence-electron chi connectivity index (χ2n) is 7.40. The number of thiazole rings is 1. The van der Waals surface area contributed by atoms with Gasteiger partial charge in [-0.2, -0.15) is 0 Å². The molecular weight excluding hydrogens is 443 g/mol. The zero-order chi connectivity index (χ0) is 23.5. The Balaban J connectivity index is 1.50. The largest absolute Gasteiger partial charge is 0.454 e. The van der Waals surface area contributed by atoms with Crippen molar-refractivity contribution in [3.63, 3.8) is 0 Å². The molecule has 0 saturated heterocycles. The lowest BCUT2D eigenvalue weighted by Gasteiger charge is -2.21. The first-order chi connectivity index (χ1) is 15.8. The number of nitrogens with zero attached hydrogens (tertiary/aromatic N) is 4. The van der Waals surface area contributed by atoms with Crippen LogP contribution >= 0.6 is 11.3 Å². The summed E-state index contributed by atoms with van der Waals surface area (Å²) in [6, 6.07) is 11.5. The number of aromatic nitrogens is 3. The Morgan fingerprint density at radius 3 is 2.64 bits per heavy atom. The molecule has 0 unspecified atom stereocenters. The lowest BCUT2D eigenvalue weighted by molar-refractivity contribution is -0.115. The summed E-state index contributed by atoms with van der Waals surface area (Å²) >= 11 is 1.30. The lowest BCUT2D eigenvalue weighted by atomic mass is 10.1. The van der Waals surface area contributed by atoms with Gasteiger partial charge in [-0.3, -0.25) is 14.3 Å². The number of amides is 1. The summed E-state index contributed by atoms with van der Waals surface area (Å²) in [6.07, 6.45) is 2.84. The van der Waals surface area contributed by atoms with E-state index >= 15 is 0 Å². The summed E-state index contributed by atoms with van der Waals surface area (Å²) in [7, 11) is 0. The highest BCUT2D eigenvalue weighted by molar-refractivity contribution is 7.14. The zero-order valence-electron chi connectivity index (χ0n) is 18.3. The van der Waals surface area contributed by atoms with E-state index in [9.17, 15) is 14.0 Å². The highest BCUT2D eigenvalue weighted by Crippen LogP contribution is 2.32. The summed E-state index contributed by atoms with van der Waals surface area (Å²) in [5.74, 6) is -1.13. The van der Waals surface area contributed by atoms with Crippen molar-refractivity contribution in [1.82, 2.24) is 14.5 Å². The molecule has 0 N–H and O–H groups in total. The first kappa shape index (κ1) is 22.3. The molecule has 9 heteroatoms. The van der Waals surface area contributed by atoms with Crippen molar-refractivity contribution in [2.75, 3.05) is 4.90 Å². The fourth-order valence-corrected chi connectivity index (χ4v) is 4.18. The van der Waals surface area contributed by atoms with Crippen LogP contribution in [-0.4, -0.2) is 26.4 Å². The number of carbonyl (C=O) groups is 2. The van der Waals surface area contributed by atoms with Crippen LogP contribution in [0.1, 0.15) is 34.2 Å². The third-order valence-corrected chi connectivity index (χ3v) is 6.04. The van der Waals surface area contributed by atoms with Crippen molar-refractivity contribution in [3.8, 4) is 5.69 Å². The standard InChI is InChI=1S/C24H21FN4O3S/c1-15-5-4-6-21(16(15)2)29(17(3)30)24-27-19(13-33-24)12-32-23(31)22-11-26-14-28(22)20-9-7-18(25)8-10-20/h4-11,13-14H,12H2,1-3H3. The number of ether oxygens (including phenoxy) is 1. The Morgan fingerprint density at radius 2 is 1.91 bits per heavy atom. The Bertz CT molecular complexity index is 1310. The molecule has 7 nitrogen and oxygen atoms in total. The normalized spacial score (nSPS) is 10.8. The van der Waals surface area contributed by atoms with Gasteiger partial charge in [-0.15, -0.1) is 11.3 Å². The highest BCUT2D eigenvalue weighted by atomic mass is 32.1. The van der Waals surface area contributed by atoms with Gasteiger partial charge >= 0.3 is 5.97 Å². The fourth-order valence-electron chi connectivity index (χ4n) is 3.32. The topological polar surface area (TPSA) is 77.3 Å². The number of carbonyl (C=O) groups excluding carboxylic acids is 2. The van der Waals surface area contributed by atoms with E-state index in [-0.39, 0.29) is 24.0 Å². The monoisotopic (exact) mass is 464 g/mol. The smallest absolute Gasteiger partial charge is 0.357 e. The molecule has 2 heterocycles.